The van der Waals surface area contributed by atoms with Gasteiger partial charge in [0, 0.05) is 18.6 Å². The van der Waals surface area contributed by atoms with Crippen LogP contribution in [0.4, 0.5) is 0 Å². The summed E-state index contributed by atoms with van der Waals surface area (Å²) < 4.78 is 0. The quantitative estimate of drug-likeness (QED) is 0.839. The van der Waals surface area contributed by atoms with Crippen LogP contribution in [0.1, 0.15) is 23.0 Å². The summed E-state index contributed by atoms with van der Waals surface area (Å²) in [5.74, 6) is 0. The third kappa shape index (κ3) is 2.61. The monoisotopic (exact) mass is 214 g/mol. The molecule has 0 aromatic carbocycles. The summed E-state index contributed by atoms with van der Waals surface area (Å²) in [4.78, 5) is 12.5. The molecule has 2 N–H and O–H groups in total. The smallest absolute Gasteiger partial charge is 0.0757 e. The number of rotatable bonds is 3. The molecular formula is C12H14N4. The summed E-state index contributed by atoms with van der Waals surface area (Å²) in [6.07, 6.45) is 7.77. The Morgan fingerprint density at radius 2 is 2.12 bits per heavy atom. The molecule has 0 bridgehead atoms. The lowest BCUT2D eigenvalue weighted by atomic mass is 10.1. The molecule has 0 aliphatic rings. The molecule has 4 nitrogen and oxygen atoms in total. The number of aromatic nitrogens is 3. The predicted octanol–water partition coefficient (Wildman–Crippen LogP) is 1.42. The zero-order valence-corrected chi connectivity index (χ0v) is 9.17. The number of aryl methyl sites for hydroxylation is 1. The first-order valence-electron chi connectivity index (χ1n) is 5.19. The molecule has 4 heteroatoms. The SMILES string of the molecule is Cc1cnc(C(N)Cc2cccnc2)cn1. The van der Waals surface area contributed by atoms with Gasteiger partial charge in [-0.1, -0.05) is 6.07 Å². The maximum absolute atomic E-state index is 6.05. The maximum Gasteiger partial charge on any atom is 0.0757 e. The Bertz CT molecular complexity index is 438. The number of hydrogen-bond donors (Lipinski definition) is 1. The molecule has 2 aromatic rings. The van der Waals surface area contributed by atoms with Crippen molar-refractivity contribution in [3.63, 3.8) is 0 Å². The van der Waals surface area contributed by atoms with Crippen LogP contribution in [0.2, 0.25) is 0 Å². The van der Waals surface area contributed by atoms with E-state index in [0.717, 1.165) is 23.4 Å². The van der Waals surface area contributed by atoms with Gasteiger partial charge < -0.3 is 5.73 Å². The Labute approximate surface area is 94.6 Å². The van der Waals surface area contributed by atoms with Gasteiger partial charge in [0.15, 0.2) is 0 Å². The molecular weight excluding hydrogens is 200 g/mol. The van der Waals surface area contributed by atoms with Crippen LogP contribution >= 0.6 is 0 Å². The van der Waals surface area contributed by atoms with Crippen LogP contribution in [0.15, 0.2) is 36.9 Å². The lowest BCUT2D eigenvalue weighted by Gasteiger charge is -2.10. The molecule has 0 saturated heterocycles. The lowest BCUT2D eigenvalue weighted by molar-refractivity contribution is 0.688. The van der Waals surface area contributed by atoms with Gasteiger partial charge in [0.2, 0.25) is 0 Å². The second-order valence-corrected chi connectivity index (χ2v) is 3.75. The van der Waals surface area contributed by atoms with Crippen LogP contribution in [0.5, 0.6) is 0 Å². The van der Waals surface area contributed by atoms with E-state index in [-0.39, 0.29) is 6.04 Å². The van der Waals surface area contributed by atoms with Gasteiger partial charge in [-0.3, -0.25) is 15.0 Å². The van der Waals surface area contributed by atoms with Gasteiger partial charge in [0.1, 0.15) is 0 Å². The van der Waals surface area contributed by atoms with Gasteiger partial charge in [-0.15, -0.1) is 0 Å². The minimum absolute atomic E-state index is 0.128. The van der Waals surface area contributed by atoms with Gasteiger partial charge in [-0.05, 0) is 25.0 Å². The molecule has 0 spiro atoms. The maximum atomic E-state index is 6.05. The molecule has 16 heavy (non-hydrogen) atoms. The van der Waals surface area contributed by atoms with Crippen LogP contribution in [0.25, 0.3) is 0 Å². The van der Waals surface area contributed by atoms with Crippen molar-refractivity contribution in [1.29, 1.82) is 0 Å². The summed E-state index contributed by atoms with van der Waals surface area (Å²) >= 11 is 0. The number of hydrogen-bond acceptors (Lipinski definition) is 4. The molecule has 82 valence electrons. The Hall–Kier alpha value is -1.81. The predicted molar refractivity (Wildman–Crippen MR) is 61.6 cm³/mol. The van der Waals surface area contributed by atoms with Crippen molar-refractivity contribution >= 4 is 0 Å². The van der Waals surface area contributed by atoms with E-state index < -0.39 is 0 Å². The zero-order chi connectivity index (χ0) is 11.4. The highest BCUT2D eigenvalue weighted by molar-refractivity contribution is 5.14. The number of nitrogens with two attached hydrogens (primary N) is 1. The average Bonchev–Trinajstić information content (AvgIpc) is 2.31. The molecule has 1 unspecified atom stereocenters. The third-order valence-corrected chi connectivity index (χ3v) is 2.36. The fraction of sp³-hybridized carbons (Fsp3) is 0.250. The molecule has 2 rings (SSSR count). The molecule has 1 atom stereocenters. The summed E-state index contributed by atoms with van der Waals surface area (Å²) in [5, 5.41) is 0. The van der Waals surface area contributed by atoms with E-state index in [9.17, 15) is 0 Å². The van der Waals surface area contributed by atoms with Crippen molar-refractivity contribution in [3.8, 4) is 0 Å². The normalized spacial score (nSPS) is 12.4. The molecule has 0 aliphatic heterocycles. The first kappa shape index (κ1) is 10.7. The first-order chi connectivity index (χ1) is 7.75. The molecule has 0 amide bonds. The summed E-state index contributed by atoms with van der Waals surface area (Å²) in [6.45, 7) is 1.91. The largest absolute Gasteiger partial charge is 0.322 e. The van der Waals surface area contributed by atoms with Crippen LogP contribution in [-0.4, -0.2) is 15.0 Å². The molecule has 0 fully saturated rings. The summed E-state index contributed by atoms with van der Waals surface area (Å²) in [6, 6.07) is 3.79. The van der Waals surface area contributed by atoms with Crippen molar-refractivity contribution in [3.05, 3.63) is 53.9 Å². The fourth-order valence-corrected chi connectivity index (χ4v) is 1.47. The third-order valence-electron chi connectivity index (χ3n) is 2.36. The Balaban J connectivity index is 2.09. The Morgan fingerprint density at radius 3 is 2.75 bits per heavy atom. The number of nitrogens with zero attached hydrogens (tertiary/aromatic N) is 3. The Kier molecular flexibility index (Phi) is 3.22. The van der Waals surface area contributed by atoms with Crippen molar-refractivity contribution < 1.29 is 0 Å². The van der Waals surface area contributed by atoms with Crippen molar-refractivity contribution in [2.24, 2.45) is 5.73 Å². The summed E-state index contributed by atoms with van der Waals surface area (Å²) in [5.41, 5.74) is 8.87. The van der Waals surface area contributed by atoms with Gasteiger partial charge in [0.25, 0.3) is 0 Å². The van der Waals surface area contributed by atoms with Crippen molar-refractivity contribution in [2.75, 3.05) is 0 Å². The second kappa shape index (κ2) is 4.81. The topological polar surface area (TPSA) is 64.7 Å². The minimum Gasteiger partial charge on any atom is -0.322 e. The molecule has 0 saturated carbocycles. The highest BCUT2D eigenvalue weighted by Crippen LogP contribution is 2.12. The van der Waals surface area contributed by atoms with E-state index in [0.29, 0.717) is 0 Å². The molecule has 2 heterocycles. The molecule has 2 aromatic heterocycles. The van der Waals surface area contributed by atoms with Gasteiger partial charge >= 0.3 is 0 Å². The summed E-state index contributed by atoms with van der Waals surface area (Å²) in [7, 11) is 0. The van der Waals surface area contributed by atoms with Gasteiger partial charge in [0.05, 0.1) is 23.6 Å². The van der Waals surface area contributed by atoms with Gasteiger partial charge in [-0.2, -0.15) is 0 Å². The fourth-order valence-electron chi connectivity index (χ4n) is 1.47. The van der Waals surface area contributed by atoms with Crippen molar-refractivity contribution in [2.45, 2.75) is 19.4 Å². The van der Waals surface area contributed by atoms with Crippen LogP contribution in [0, 0.1) is 6.92 Å². The van der Waals surface area contributed by atoms with Crippen molar-refractivity contribution in [1.82, 2.24) is 15.0 Å². The molecule has 0 radical (unpaired) electrons. The van der Waals surface area contributed by atoms with E-state index in [1.807, 2.05) is 25.3 Å². The number of pyridine rings is 1. The highest BCUT2D eigenvalue weighted by Gasteiger charge is 2.08. The van der Waals surface area contributed by atoms with E-state index in [2.05, 4.69) is 15.0 Å². The zero-order valence-electron chi connectivity index (χ0n) is 9.17. The Morgan fingerprint density at radius 1 is 1.25 bits per heavy atom. The molecule has 0 aliphatic carbocycles. The lowest BCUT2D eigenvalue weighted by Crippen LogP contribution is -2.15. The van der Waals surface area contributed by atoms with E-state index in [1.165, 1.54) is 0 Å². The van der Waals surface area contributed by atoms with E-state index in [1.54, 1.807) is 18.6 Å². The van der Waals surface area contributed by atoms with E-state index in [4.69, 9.17) is 5.73 Å². The average molecular weight is 214 g/mol. The van der Waals surface area contributed by atoms with Gasteiger partial charge in [-0.25, -0.2) is 0 Å². The van der Waals surface area contributed by atoms with E-state index >= 15 is 0 Å². The van der Waals surface area contributed by atoms with Crippen LogP contribution in [0.3, 0.4) is 0 Å². The highest BCUT2D eigenvalue weighted by atomic mass is 14.8. The van der Waals surface area contributed by atoms with Crippen LogP contribution in [-0.2, 0) is 6.42 Å². The first-order valence-corrected chi connectivity index (χ1v) is 5.19. The van der Waals surface area contributed by atoms with Crippen LogP contribution < -0.4 is 5.73 Å². The minimum atomic E-state index is -0.128. The second-order valence-electron chi connectivity index (χ2n) is 3.75. The standard InChI is InChI=1S/C12H14N4/c1-9-6-16-12(8-15-9)11(13)5-10-3-2-4-14-7-10/h2-4,6-8,11H,5,13H2,1H3.